The number of carbonyl (C=O) groups is 3. The van der Waals surface area contributed by atoms with E-state index in [1.165, 1.54) is 38.5 Å². The predicted molar refractivity (Wildman–Crippen MR) is 84.8 cm³/mol. The van der Waals surface area contributed by atoms with E-state index < -0.39 is 30.3 Å². The first-order chi connectivity index (χ1) is 10.5. The van der Waals surface area contributed by atoms with Crippen LogP contribution in [0.5, 0.6) is 0 Å². The Morgan fingerprint density at radius 3 is 1.83 bits per heavy atom. The standard InChI is InChI=1S/C16H29NO5.Na.H/c1-2-3-4-5-6-7-8-9-10-11-14(18)17-13(16(21)22)12-15(19)20;;/h13H,2-12H2,1H3,(H,17,18)(H,19,20)(H,21,22);;/q;+1;-1. The van der Waals surface area contributed by atoms with Crippen molar-refractivity contribution < 1.29 is 55.6 Å². The molecule has 0 saturated carbocycles. The minimum atomic E-state index is -1.34. The molecule has 0 radical (unpaired) electrons. The van der Waals surface area contributed by atoms with E-state index >= 15 is 0 Å². The smallest absolute Gasteiger partial charge is 1.00 e. The fourth-order valence-electron chi connectivity index (χ4n) is 2.24. The van der Waals surface area contributed by atoms with Crippen LogP contribution < -0.4 is 34.9 Å². The third kappa shape index (κ3) is 16.1. The number of carboxylic acids is 2. The van der Waals surface area contributed by atoms with Crippen LogP contribution in [0.2, 0.25) is 0 Å². The summed E-state index contributed by atoms with van der Waals surface area (Å²) in [5.74, 6) is -2.95. The number of aliphatic carboxylic acids is 2. The largest absolute Gasteiger partial charge is 1.00 e. The summed E-state index contributed by atoms with van der Waals surface area (Å²) in [6.45, 7) is 2.19. The Morgan fingerprint density at radius 2 is 1.39 bits per heavy atom. The number of amides is 1. The second kappa shape index (κ2) is 16.3. The van der Waals surface area contributed by atoms with E-state index in [1.54, 1.807) is 0 Å². The number of nitrogens with one attached hydrogen (secondary N) is 1. The van der Waals surface area contributed by atoms with Gasteiger partial charge in [0.25, 0.3) is 0 Å². The van der Waals surface area contributed by atoms with Gasteiger partial charge in [0, 0.05) is 6.42 Å². The van der Waals surface area contributed by atoms with Gasteiger partial charge in [-0.05, 0) is 6.42 Å². The van der Waals surface area contributed by atoms with Gasteiger partial charge >= 0.3 is 41.5 Å². The summed E-state index contributed by atoms with van der Waals surface area (Å²) in [5, 5.41) is 19.7. The molecule has 0 saturated heterocycles. The summed E-state index contributed by atoms with van der Waals surface area (Å²) in [7, 11) is 0. The first-order valence-electron chi connectivity index (χ1n) is 8.21. The fraction of sp³-hybridized carbons (Fsp3) is 0.812. The van der Waals surface area contributed by atoms with Gasteiger partial charge in [0.05, 0.1) is 6.42 Å². The molecule has 0 bridgehead atoms. The third-order valence-corrected chi connectivity index (χ3v) is 3.52. The topological polar surface area (TPSA) is 104 Å². The van der Waals surface area contributed by atoms with Crippen LogP contribution in [-0.2, 0) is 14.4 Å². The Kier molecular flexibility index (Phi) is 17.4. The molecule has 0 fully saturated rings. The molecule has 1 amide bonds. The van der Waals surface area contributed by atoms with Crippen molar-refractivity contribution in [1.82, 2.24) is 5.32 Å². The Hall–Kier alpha value is -0.590. The zero-order valence-corrected chi connectivity index (χ0v) is 16.5. The molecule has 0 heterocycles. The Morgan fingerprint density at radius 1 is 0.913 bits per heavy atom. The third-order valence-electron chi connectivity index (χ3n) is 3.52. The van der Waals surface area contributed by atoms with E-state index in [9.17, 15) is 14.4 Å². The van der Waals surface area contributed by atoms with Crippen LogP contribution in [0, 0.1) is 0 Å². The molecule has 23 heavy (non-hydrogen) atoms. The molecule has 7 heteroatoms. The predicted octanol–water partition coefficient (Wildman–Crippen LogP) is 0.0679. The van der Waals surface area contributed by atoms with Crippen LogP contribution in [0.25, 0.3) is 0 Å². The molecule has 0 aliphatic heterocycles. The van der Waals surface area contributed by atoms with Crippen molar-refractivity contribution in [3.63, 3.8) is 0 Å². The SMILES string of the molecule is CCCCCCCCCCCC(=O)NC(CC(=O)O)C(=O)O.[H-].[Na+]. The van der Waals surface area contributed by atoms with E-state index in [-0.39, 0.29) is 37.4 Å². The molecule has 0 aliphatic carbocycles. The number of carboxylic acid groups (broad SMARTS) is 2. The van der Waals surface area contributed by atoms with Gasteiger partial charge in [-0.3, -0.25) is 9.59 Å². The van der Waals surface area contributed by atoms with E-state index in [1.807, 2.05) is 0 Å². The van der Waals surface area contributed by atoms with Crippen LogP contribution in [0.1, 0.15) is 79.0 Å². The molecule has 0 rings (SSSR count). The summed E-state index contributed by atoms with van der Waals surface area (Å²) >= 11 is 0. The summed E-state index contributed by atoms with van der Waals surface area (Å²) in [6, 6.07) is -1.34. The zero-order chi connectivity index (χ0) is 16.8. The molecule has 1 atom stereocenters. The normalized spacial score (nSPS) is 11.3. The average Bonchev–Trinajstić information content (AvgIpc) is 2.44. The second-order valence-corrected chi connectivity index (χ2v) is 5.63. The molecule has 3 N–H and O–H groups in total. The number of hydrogen-bond acceptors (Lipinski definition) is 3. The van der Waals surface area contributed by atoms with Crippen LogP contribution >= 0.6 is 0 Å². The van der Waals surface area contributed by atoms with Gasteiger partial charge in [0.15, 0.2) is 0 Å². The maximum atomic E-state index is 11.6. The second-order valence-electron chi connectivity index (χ2n) is 5.63. The van der Waals surface area contributed by atoms with Crippen molar-refractivity contribution in [1.29, 1.82) is 0 Å². The first kappa shape index (κ1) is 24.7. The maximum absolute atomic E-state index is 11.6. The van der Waals surface area contributed by atoms with E-state index in [0.29, 0.717) is 6.42 Å². The monoisotopic (exact) mass is 339 g/mol. The molecule has 0 aromatic carbocycles. The number of carbonyl (C=O) groups excluding carboxylic acids is 1. The van der Waals surface area contributed by atoms with Gasteiger partial charge in [0.2, 0.25) is 5.91 Å². The summed E-state index contributed by atoms with van der Waals surface area (Å²) in [5.41, 5.74) is 0. The van der Waals surface area contributed by atoms with Crippen LogP contribution in [-0.4, -0.2) is 34.1 Å². The van der Waals surface area contributed by atoms with Crippen LogP contribution in [0.15, 0.2) is 0 Å². The Bertz CT molecular complexity index is 355. The number of hydrogen-bond donors (Lipinski definition) is 3. The van der Waals surface area contributed by atoms with Gasteiger partial charge in [-0.1, -0.05) is 58.3 Å². The van der Waals surface area contributed by atoms with Gasteiger partial charge in [-0.15, -0.1) is 0 Å². The van der Waals surface area contributed by atoms with Crippen molar-refractivity contribution in [2.75, 3.05) is 0 Å². The quantitative estimate of drug-likeness (QED) is 0.307. The molecular formula is C16H30NNaO5. The van der Waals surface area contributed by atoms with Gasteiger partial charge in [-0.25, -0.2) is 4.79 Å². The molecule has 6 nitrogen and oxygen atoms in total. The average molecular weight is 339 g/mol. The molecule has 130 valence electrons. The van der Waals surface area contributed by atoms with E-state index in [4.69, 9.17) is 10.2 Å². The molecular weight excluding hydrogens is 309 g/mol. The van der Waals surface area contributed by atoms with E-state index in [2.05, 4.69) is 12.2 Å². The maximum Gasteiger partial charge on any atom is 1.00 e. The van der Waals surface area contributed by atoms with Gasteiger partial charge in [0.1, 0.15) is 6.04 Å². The minimum absolute atomic E-state index is 0. The summed E-state index contributed by atoms with van der Waals surface area (Å²) in [4.78, 5) is 32.9. The number of unbranched alkanes of at least 4 members (excludes halogenated alkanes) is 8. The van der Waals surface area contributed by atoms with Crippen LogP contribution in [0.3, 0.4) is 0 Å². The van der Waals surface area contributed by atoms with Crippen molar-refractivity contribution in [2.45, 2.75) is 83.6 Å². The molecule has 0 spiro atoms. The van der Waals surface area contributed by atoms with Crippen molar-refractivity contribution in [3.05, 3.63) is 0 Å². The van der Waals surface area contributed by atoms with Crippen molar-refractivity contribution in [3.8, 4) is 0 Å². The van der Waals surface area contributed by atoms with Crippen LogP contribution in [0.4, 0.5) is 0 Å². The molecule has 0 aliphatic rings. The summed E-state index contributed by atoms with van der Waals surface area (Å²) in [6.07, 6.45) is 9.87. The Labute approximate surface area is 162 Å². The molecule has 1 unspecified atom stereocenters. The molecule has 0 aromatic heterocycles. The minimum Gasteiger partial charge on any atom is -1.00 e. The van der Waals surface area contributed by atoms with Gasteiger partial charge in [-0.2, -0.15) is 0 Å². The van der Waals surface area contributed by atoms with Crippen molar-refractivity contribution >= 4 is 17.8 Å². The fourth-order valence-corrected chi connectivity index (χ4v) is 2.24. The number of rotatable bonds is 14. The van der Waals surface area contributed by atoms with Crippen molar-refractivity contribution in [2.24, 2.45) is 0 Å². The van der Waals surface area contributed by atoms with E-state index in [0.717, 1.165) is 12.8 Å². The Balaban J connectivity index is -0.00000220. The van der Waals surface area contributed by atoms with Gasteiger partial charge < -0.3 is 17.0 Å². The summed E-state index contributed by atoms with van der Waals surface area (Å²) < 4.78 is 0. The molecule has 0 aromatic rings. The first-order valence-corrected chi connectivity index (χ1v) is 8.21. The zero-order valence-electron chi connectivity index (χ0n) is 15.5.